The minimum Gasteiger partial charge on any atom is -0.497 e. The molecule has 0 unspecified atom stereocenters. The average molecular weight is 634 g/mol. The number of likely N-dealkylation sites (N-methyl/N-ethyl adjacent to an activating group) is 1. The van der Waals surface area contributed by atoms with Gasteiger partial charge in [-0.1, -0.05) is 18.3 Å². The second-order valence-electron chi connectivity index (χ2n) is 11.3. The topological polar surface area (TPSA) is 120 Å². The number of nitro groups is 1. The summed E-state index contributed by atoms with van der Waals surface area (Å²) < 4.78 is 13.2. The molecular weight excluding hydrogens is 594 g/mol. The van der Waals surface area contributed by atoms with Crippen LogP contribution in [-0.4, -0.2) is 60.7 Å². The predicted molar refractivity (Wildman–Crippen MR) is 175 cm³/mol. The van der Waals surface area contributed by atoms with E-state index < -0.39 is 11.0 Å². The van der Waals surface area contributed by atoms with Gasteiger partial charge in [0.2, 0.25) is 0 Å². The number of benzene rings is 2. The van der Waals surface area contributed by atoms with Crippen LogP contribution in [0.15, 0.2) is 57.5 Å². The van der Waals surface area contributed by atoms with Gasteiger partial charge in [-0.25, -0.2) is 4.99 Å². The lowest BCUT2D eigenvalue weighted by molar-refractivity contribution is -0.384. The number of non-ortho nitro benzene ring substituents is 1. The van der Waals surface area contributed by atoms with Crippen LogP contribution < -0.4 is 29.3 Å². The van der Waals surface area contributed by atoms with Gasteiger partial charge in [0.15, 0.2) is 4.80 Å². The lowest BCUT2D eigenvalue weighted by atomic mass is 9.93. The Balaban J connectivity index is 1.76. The van der Waals surface area contributed by atoms with Crippen molar-refractivity contribution < 1.29 is 19.2 Å². The first-order valence-corrected chi connectivity index (χ1v) is 16.0. The summed E-state index contributed by atoms with van der Waals surface area (Å²) in [7, 11) is 3.10. The molecule has 0 radical (unpaired) electrons. The van der Waals surface area contributed by atoms with Gasteiger partial charge < -0.3 is 19.3 Å². The van der Waals surface area contributed by atoms with Crippen LogP contribution in [0.4, 0.5) is 11.4 Å². The number of nitrogens with zero attached hydrogens (tertiary/aromatic N) is 5. The third kappa shape index (κ3) is 6.11. The molecule has 2 aliphatic heterocycles. The minimum absolute atomic E-state index is 0.0508. The molecule has 1 fully saturated rings. The molecule has 2 aromatic carbocycles. The highest BCUT2D eigenvalue weighted by molar-refractivity contribution is 7.07. The second-order valence-corrected chi connectivity index (χ2v) is 12.3. The first kappa shape index (κ1) is 32.0. The first-order chi connectivity index (χ1) is 21.6. The van der Waals surface area contributed by atoms with Crippen molar-refractivity contribution in [1.82, 2.24) is 9.47 Å². The molecule has 11 nitrogen and oxygen atoms in total. The fraction of sp³-hybridized carbons (Fsp3) is 0.424. The number of anilines is 1. The van der Waals surface area contributed by atoms with E-state index in [1.54, 1.807) is 56.4 Å². The maximum absolute atomic E-state index is 14.4. The number of aromatic nitrogens is 1. The highest BCUT2D eigenvalue weighted by Crippen LogP contribution is 2.38. The van der Waals surface area contributed by atoms with Gasteiger partial charge in [0.25, 0.3) is 17.2 Å². The van der Waals surface area contributed by atoms with Gasteiger partial charge in [-0.05, 0) is 69.9 Å². The van der Waals surface area contributed by atoms with Crippen LogP contribution in [0.5, 0.6) is 11.5 Å². The highest BCUT2D eigenvalue weighted by atomic mass is 32.1. The standard InChI is InChI=1S/C33H39N5O6S/c1-7-35(8-2)32(40)29-21(4)34-33-37(30(29)25-19-24(43-5)10-12-27(25)44-6)31(39)28(45-33)18-22-17-23(38(41)42)9-11-26(22)36-15-13-20(3)14-16-36/h9-12,17-20,30H,7-8,13-16H2,1-6H3/b28-18-/t30-/m1/s1. The Labute approximate surface area is 265 Å². The van der Waals surface area contributed by atoms with Gasteiger partial charge in [0, 0.05) is 55.1 Å². The average Bonchev–Trinajstić information content (AvgIpc) is 3.34. The molecule has 238 valence electrons. The Hall–Kier alpha value is -4.45. The lowest BCUT2D eigenvalue weighted by Crippen LogP contribution is -2.43. The summed E-state index contributed by atoms with van der Waals surface area (Å²) in [5.74, 6) is 1.44. The first-order valence-electron chi connectivity index (χ1n) is 15.2. The Morgan fingerprint density at radius 2 is 1.84 bits per heavy atom. The molecule has 0 bridgehead atoms. The van der Waals surface area contributed by atoms with E-state index in [2.05, 4.69) is 11.8 Å². The molecule has 2 aliphatic rings. The van der Waals surface area contributed by atoms with E-state index in [4.69, 9.17) is 14.5 Å². The van der Waals surface area contributed by atoms with Crippen LogP contribution in [0, 0.1) is 16.0 Å². The minimum atomic E-state index is -0.838. The van der Waals surface area contributed by atoms with E-state index in [0.29, 0.717) is 62.2 Å². The molecule has 1 atom stereocenters. The third-order valence-electron chi connectivity index (χ3n) is 8.67. The molecule has 0 aliphatic carbocycles. The smallest absolute Gasteiger partial charge is 0.271 e. The number of rotatable bonds is 9. The Morgan fingerprint density at radius 1 is 1.13 bits per heavy atom. The summed E-state index contributed by atoms with van der Waals surface area (Å²) >= 11 is 1.19. The SMILES string of the molecule is CCN(CC)C(=O)C1=C(C)N=c2s/c(=C\c3cc([N+](=O)[O-])ccc3N3CCC(C)CC3)c(=O)n2[C@@H]1c1cc(OC)ccc1OC. The third-order valence-corrected chi connectivity index (χ3v) is 9.65. The molecule has 1 amide bonds. The number of ether oxygens (including phenoxy) is 2. The fourth-order valence-electron chi connectivity index (χ4n) is 6.07. The molecule has 0 spiro atoms. The van der Waals surface area contributed by atoms with Crippen LogP contribution in [0.1, 0.15) is 57.7 Å². The van der Waals surface area contributed by atoms with E-state index in [1.807, 2.05) is 13.8 Å². The van der Waals surface area contributed by atoms with Crippen LogP contribution >= 0.6 is 11.3 Å². The summed E-state index contributed by atoms with van der Waals surface area (Å²) in [6.45, 7) is 10.5. The quantitative estimate of drug-likeness (QED) is 0.255. The highest BCUT2D eigenvalue weighted by Gasteiger charge is 2.36. The van der Waals surface area contributed by atoms with Gasteiger partial charge in [-0.2, -0.15) is 0 Å². The van der Waals surface area contributed by atoms with Crippen molar-refractivity contribution >= 4 is 34.7 Å². The van der Waals surface area contributed by atoms with Crippen molar-refractivity contribution in [2.24, 2.45) is 10.9 Å². The summed E-state index contributed by atoms with van der Waals surface area (Å²) in [6.07, 6.45) is 3.75. The normalized spacial score (nSPS) is 17.2. The molecule has 3 aromatic rings. The van der Waals surface area contributed by atoms with Gasteiger partial charge in [-0.15, -0.1) is 0 Å². The molecule has 0 N–H and O–H groups in total. The van der Waals surface area contributed by atoms with Crippen molar-refractivity contribution in [2.75, 3.05) is 45.3 Å². The molecule has 1 saturated heterocycles. The maximum Gasteiger partial charge on any atom is 0.271 e. The van der Waals surface area contributed by atoms with Crippen LogP contribution in [0.25, 0.3) is 6.08 Å². The number of carbonyl (C=O) groups excluding carboxylic acids is 1. The molecule has 1 aromatic heterocycles. The van der Waals surface area contributed by atoms with E-state index in [0.717, 1.165) is 31.6 Å². The van der Waals surface area contributed by atoms with E-state index in [-0.39, 0.29) is 17.2 Å². The van der Waals surface area contributed by atoms with Crippen molar-refractivity contribution in [1.29, 1.82) is 0 Å². The largest absolute Gasteiger partial charge is 0.497 e. The molecule has 12 heteroatoms. The number of allylic oxidation sites excluding steroid dienone is 1. The van der Waals surface area contributed by atoms with Gasteiger partial charge in [-0.3, -0.25) is 24.3 Å². The monoisotopic (exact) mass is 633 g/mol. The molecule has 0 saturated carbocycles. The second kappa shape index (κ2) is 13.3. The van der Waals surface area contributed by atoms with Crippen molar-refractivity contribution in [3.63, 3.8) is 0 Å². The van der Waals surface area contributed by atoms with E-state index in [9.17, 15) is 19.7 Å². The molecule has 45 heavy (non-hydrogen) atoms. The predicted octanol–water partition coefficient (Wildman–Crippen LogP) is 4.27. The number of thiazole rings is 1. The van der Waals surface area contributed by atoms with E-state index >= 15 is 0 Å². The number of hydrogen-bond donors (Lipinski definition) is 0. The van der Waals surface area contributed by atoms with Gasteiger partial charge in [0.1, 0.15) is 17.5 Å². The number of nitro benzene ring substituents is 1. The Morgan fingerprint density at radius 3 is 2.47 bits per heavy atom. The number of amides is 1. The van der Waals surface area contributed by atoms with Crippen LogP contribution in [0.3, 0.4) is 0 Å². The van der Waals surface area contributed by atoms with Crippen molar-refractivity contribution in [2.45, 2.75) is 46.6 Å². The number of fused-ring (bicyclic) bond motifs is 1. The zero-order chi connectivity index (χ0) is 32.4. The summed E-state index contributed by atoms with van der Waals surface area (Å²) in [5.41, 5.74) is 2.51. The molecule has 3 heterocycles. The van der Waals surface area contributed by atoms with Gasteiger partial charge >= 0.3 is 0 Å². The van der Waals surface area contributed by atoms with Gasteiger partial charge in [0.05, 0.1) is 34.9 Å². The number of hydrogen-bond acceptors (Lipinski definition) is 9. The summed E-state index contributed by atoms with van der Waals surface area (Å²) in [6, 6.07) is 9.27. The number of carbonyl (C=O) groups is 1. The van der Waals surface area contributed by atoms with Crippen LogP contribution in [-0.2, 0) is 4.79 Å². The molecular formula is C33H39N5O6S. The Bertz CT molecular complexity index is 1830. The zero-order valence-corrected chi connectivity index (χ0v) is 27.3. The lowest BCUT2D eigenvalue weighted by Gasteiger charge is -2.33. The zero-order valence-electron chi connectivity index (χ0n) is 26.5. The van der Waals surface area contributed by atoms with E-state index in [1.165, 1.54) is 28.0 Å². The van der Waals surface area contributed by atoms with Crippen LogP contribution in [0.2, 0.25) is 0 Å². The molecule has 5 rings (SSSR count). The maximum atomic E-state index is 14.4. The summed E-state index contributed by atoms with van der Waals surface area (Å²) in [4.78, 5) is 48.9. The van der Waals surface area contributed by atoms with Crippen molar-refractivity contribution in [3.8, 4) is 11.5 Å². The fourth-order valence-corrected chi connectivity index (χ4v) is 7.11. The number of methoxy groups -OCH3 is 2. The number of piperidine rings is 1. The summed E-state index contributed by atoms with van der Waals surface area (Å²) in [5, 5.41) is 11.8. The van der Waals surface area contributed by atoms with Crippen molar-refractivity contribution in [3.05, 3.63) is 88.6 Å². The Kier molecular flexibility index (Phi) is 9.42.